The van der Waals surface area contributed by atoms with Crippen LogP contribution in [-0.2, 0) is 0 Å². The average molecular weight is 236 g/mol. The number of hydrogen-bond acceptors (Lipinski definition) is 4. The van der Waals surface area contributed by atoms with E-state index in [9.17, 15) is 5.11 Å². The Morgan fingerprint density at radius 2 is 2.24 bits per heavy atom. The molecule has 1 aromatic rings. The van der Waals surface area contributed by atoms with Crippen LogP contribution >= 0.6 is 0 Å². The summed E-state index contributed by atoms with van der Waals surface area (Å²) in [4.78, 5) is 2.15. The summed E-state index contributed by atoms with van der Waals surface area (Å²) in [5.74, 6) is 0.721. The van der Waals surface area contributed by atoms with E-state index in [0.717, 1.165) is 24.4 Å². The van der Waals surface area contributed by atoms with Gasteiger partial charge >= 0.3 is 0 Å². The molecule has 0 radical (unpaired) electrons. The maximum absolute atomic E-state index is 9.53. The summed E-state index contributed by atoms with van der Waals surface area (Å²) in [7, 11) is 0. The van der Waals surface area contributed by atoms with Crippen molar-refractivity contribution in [3.8, 4) is 5.75 Å². The van der Waals surface area contributed by atoms with Gasteiger partial charge in [0.2, 0.25) is 0 Å². The van der Waals surface area contributed by atoms with Crippen molar-refractivity contribution in [3.63, 3.8) is 0 Å². The monoisotopic (exact) mass is 236 g/mol. The highest BCUT2D eigenvalue weighted by Crippen LogP contribution is 2.30. The van der Waals surface area contributed by atoms with Crippen molar-refractivity contribution in [3.05, 3.63) is 18.2 Å². The van der Waals surface area contributed by atoms with Crippen molar-refractivity contribution in [1.29, 1.82) is 0 Å². The molecule has 2 rings (SSSR count). The fourth-order valence-electron chi connectivity index (χ4n) is 2.05. The minimum absolute atomic E-state index is 0.108. The number of anilines is 2. The van der Waals surface area contributed by atoms with Crippen molar-refractivity contribution in [2.45, 2.75) is 32.5 Å². The zero-order valence-electron chi connectivity index (χ0n) is 10.4. The maximum Gasteiger partial charge on any atom is 0.144 e. The van der Waals surface area contributed by atoms with E-state index in [4.69, 9.17) is 10.5 Å². The lowest BCUT2D eigenvalue weighted by atomic mass is 10.2. The molecule has 3 N–H and O–H groups in total. The Labute approximate surface area is 102 Å². The Morgan fingerprint density at radius 1 is 1.47 bits per heavy atom. The van der Waals surface area contributed by atoms with Crippen molar-refractivity contribution >= 4 is 11.4 Å². The first kappa shape index (κ1) is 12.0. The quantitative estimate of drug-likeness (QED) is 0.783. The second-order valence-corrected chi connectivity index (χ2v) is 4.78. The molecule has 0 amide bonds. The zero-order valence-corrected chi connectivity index (χ0v) is 10.4. The summed E-state index contributed by atoms with van der Waals surface area (Å²) in [6.07, 6.45) is 0.712. The lowest BCUT2D eigenvalue weighted by Gasteiger charge is -2.20. The lowest BCUT2D eigenvalue weighted by molar-refractivity contribution is 0.198. The molecule has 1 fully saturated rings. The fourth-order valence-corrected chi connectivity index (χ4v) is 2.05. The van der Waals surface area contributed by atoms with E-state index in [1.807, 2.05) is 32.0 Å². The average Bonchev–Trinajstić information content (AvgIpc) is 2.67. The predicted molar refractivity (Wildman–Crippen MR) is 69.5 cm³/mol. The second kappa shape index (κ2) is 4.84. The number of β-amino-alcohol motifs (C(OH)–C–C–N with tert-alkyl or cyclic N) is 1. The third kappa shape index (κ3) is 2.82. The molecule has 17 heavy (non-hydrogen) atoms. The summed E-state index contributed by atoms with van der Waals surface area (Å²) < 4.78 is 5.66. The summed E-state index contributed by atoms with van der Waals surface area (Å²) in [5, 5.41) is 9.53. The van der Waals surface area contributed by atoms with E-state index < -0.39 is 0 Å². The van der Waals surface area contributed by atoms with Crippen LogP contribution < -0.4 is 15.4 Å². The van der Waals surface area contributed by atoms with Gasteiger partial charge < -0.3 is 20.5 Å². The SMILES string of the molecule is CC(C)Oc1cc(N2CCC(O)C2)ccc1N. The zero-order chi connectivity index (χ0) is 12.4. The van der Waals surface area contributed by atoms with Gasteiger partial charge in [-0.05, 0) is 32.4 Å². The van der Waals surface area contributed by atoms with Gasteiger partial charge in [-0.2, -0.15) is 0 Å². The van der Waals surface area contributed by atoms with Crippen LogP contribution in [-0.4, -0.2) is 30.4 Å². The van der Waals surface area contributed by atoms with E-state index in [0.29, 0.717) is 12.2 Å². The smallest absolute Gasteiger partial charge is 0.144 e. The third-order valence-electron chi connectivity index (χ3n) is 2.89. The number of benzene rings is 1. The van der Waals surface area contributed by atoms with Crippen molar-refractivity contribution in [2.24, 2.45) is 0 Å². The van der Waals surface area contributed by atoms with Crippen LogP contribution in [0, 0.1) is 0 Å². The molecule has 1 aliphatic heterocycles. The number of ether oxygens (including phenoxy) is 1. The highest BCUT2D eigenvalue weighted by molar-refractivity contribution is 5.62. The molecule has 94 valence electrons. The van der Waals surface area contributed by atoms with Gasteiger partial charge in [0, 0.05) is 24.8 Å². The number of nitrogens with two attached hydrogens (primary N) is 1. The van der Waals surface area contributed by atoms with Gasteiger partial charge in [0.15, 0.2) is 0 Å². The van der Waals surface area contributed by atoms with Gasteiger partial charge in [0.1, 0.15) is 5.75 Å². The summed E-state index contributed by atoms with van der Waals surface area (Å²) in [5.41, 5.74) is 7.59. The normalized spacial score (nSPS) is 20.0. The molecule has 1 heterocycles. The van der Waals surface area contributed by atoms with E-state index in [-0.39, 0.29) is 12.2 Å². The Morgan fingerprint density at radius 3 is 2.82 bits per heavy atom. The number of nitrogen functional groups attached to an aromatic ring is 1. The molecule has 4 nitrogen and oxygen atoms in total. The van der Waals surface area contributed by atoms with Gasteiger partial charge in [-0.1, -0.05) is 0 Å². The summed E-state index contributed by atoms with van der Waals surface area (Å²) in [6.45, 7) is 5.52. The molecule has 4 heteroatoms. The van der Waals surface area contributed by atoms with Gasteiger partial charge in [-0.25, -0.2) is 0 Å². The maximum atomic E-state index is 9.53. The molecule has 0 aromatic heterocycles. The molecule has 0 spiro atoms. The van der Waals surface area contributed by atoms with E-state index in [1.54, 1.807) is 0 Å². The van der Waals surface area contributed by atoms with Crippen LogP contribution in [0.5, 0.6) is 5.75 Å². The van der Waals surface area contributed by atoms with Crippen LogP contribution in [0.3, 0.4) is 0 Å². The number of rotatable bonds is 3. The van der Waals surface area contributed by atoms with Crippen LogP contribution in [0.4, 0.5) is 11.4 Å². The highest BCUT2D eigenvalue weighted by atomic mass is 16.5. The Kier molecular flexibility index (Phi) is 3.43. The number of aliphatic hydroxyl groups excluding tert-OH is 1. The topological polar surface area (TPSA) is 58.7 Å². The number of nitrogens with zero attached hydrogens (tertiary/aromatic N) is 1. The molecular formula is C13H20N2O2. The summed E-state index contributed by atoms with van der Waals surface area (Å²) in [6, 6.07) is 5.78. The highest BCUT2D eigenvalue weighted by Gasteiger charge is 2.21. The van der Waals surface area contributed by atoms with E-state index in [2.05, 4.69) is 4.90 Å². The third-order valence-corrected chi connectivity index (χ3v) is 2.89. The summed E-state index contributed by atoms with van der Waals surface area (Å²) >= 11 is 0. The largest absolute Gasteiger partial charge is 0.489 e. The van der Waals surface area contributed by atoms with E-state index in [1.165, 1.54) is 0 Å². The molecular weight excluding hydrogens is 216 g/mol. The van der Waals surface area contributed by atoms with Gasteiger partial charge in [0.05, 0.1) is 17.9 Å². The first-order valence-corrected chi connectivity index (χ1v) is 6.05. The van der Waals surface area contributed by atoms with Crippen LogP contribution in [0.15, 0.2) is 18.2 Å². The van der Waals surface area contributed by atoms with Crippen molar-refractivity contribution in [2.75, 3.05) is 23.7 Å². The molecule has 1 saturated heterocycles. The Hall–Kier alpha value is -1.42. The van der Waals surface area contributed by atoms with Crippen LogP contribution in [0.1, 0.15) is 20.3 Å². The van der Waals surface area contributed by atoms with Crippen molar-refractivity contribution < 1.29 is 9.84 Å². The Balaban J connectivity index is 2.18. The molecule has 1 atom stereocenters. The molecule has 1 unspecified atom stereocenters. The molecule has 1 aliphatic rings. The first-order chi connectivity index (χ1) is 8.06. The lowest BCUT2D eigenvalue weighted by Crippen LogP contribution is -2.21. The minimum atomic E-state index is -0.220. The van der Waals surface area contributed by atoms with Crippen LogP contribution in [0.25, 0.3) is 0 Å². The number of hydrogen-bond donors (Lipinski definition) is 2. The van der Waals surface area contributed by atoms with Crippen LogP contribution in [0.2, 0.25) is 0 Å². The standard InChI is InChI=1S/C13H20N2O2/c1-9(2)17-13-7-10(3-4-12(13)14)15-6-5-11(16)8-15/h3-4,7,9,11,16H,5-6,8,14H2,1-2H3. The first-order valence-electron chi connectivity index (χ1n) is 6.05. The van der Waals surface area contributed by atoms with Gasteiger partial charge in [-0.15, -0.1) is 0 Å². The molecule has 0 bridgehead atoms. The second-order valence-electron chi connectivity index (χ2n) is 4.78. The minimum Gasteiger partial charge on any atom is -0.489 e. The molecule has 0 aliphatic carbocycles. The van der Waals surface area contributed by atoms with Crippen molar-refractivity contribution in [1.82, 2.24) is 0 Å². The van der Waals surface area contributed by atoms with Gasteiger partial charge in [0.25, 0.3) is 0 Å². The van der Waals surface area contributed by atoms with E-state index >= 15 is 0 Å². The number of aliphatic hydroxyl groups is 1. The fraction of sp³-hybridized carbons (Fsp3) is 0.538. The molecule has 0 saturated carbocycles. The molecule has 1 aromatic carbocycles. The predicted octanol–water partition coefficient (Wildman–Crippen LogP) is 1.63. The van der Waals surface area contributed by atoms with Gasteiger partial charge in [-0.3, -0.25) is 0 Å². The Bertz CT molecular complexity index is 393.